The number of piperidine rings is 1. The van der Waals surface area contributed by atoms with Crippen LogP contribution in [0.1, 0.15) is 46.5 Å². The highest BCUT2D eigenvalue weighted by Gasteiger charge is 2.27. The number of likely N-dealkylation sites (tertiary alicyclic amines) is 1. The molecule has 0 saturated carbocycles. The second-order valence-corrected chi connectivity index (χ2v) is 5.03. The number of hydrogen-bond donors (Lipinski definition) is 0. The Kier molecular flexibility index (Phi) is 6.56. The monoisotopic (exact) mass is 241 g/mol. The maximum Gasteiger partial charge on any atom is 0.310 e. The Labute approximate surface area is 106 Å². The quantitative estimate of drug-likeness (QED) is 0.670. The summed E-state index contributed by atoms with van der Waals surface area (Å²) in [6.45, 7) is 10.1. The van der Waals surface area contributed by atoms with Gasteiger partial charge in [0.2, 0.25) is 0 Å². The van der Waals surface area contributed by atoms with Crippen molar-refractivity contribution in [3.63, 3.8) is 0 Å². The zero-order valence-electron chi connectivity index (χ0n) is 11.6. The lowest BCUT2D eigenvalue weighted by Gasteiger charge is -2.33. The summed E-state index contributed by atoms with van der Waals surface area (Å²) < 4.78 is 5.12. The van der Waals surface area contributed by atoms with Gasteiger partial charge in [0.05, 0.1) is 12.5 Å². The second-order valence-electron chi connectivity index (χ2n) is 5.03. The minimum atomic E-state index is 0.00162. The Bertz CT molecular complexity index is 226. The molecule has 0 bridgehead atoms. The molecule has 100 valence electrons. The van der Waals surface area contributed by atoms with Crippen LogP contribution in [0.4, 0.5) is 0 Å². The van der Waals surface area contributed by atoms with Crippen molar-refractivity contribution in [2.45, 2.75) is 46.5 Å². The van der Waals surface area contributed by atoms with E-state index in [1.807, 2.05) is 6.92 Å². The molecule has 0 amide bonds. The molecular formula is C14H27NO2. The zero-order chi connectivity index (χ0) is 12.7. The number of rotatable bonds is 6. The van der Waals surface area contributed by atoms with Gasteiger partial charge in [-0.2, -0.15) is 0 Å². The van der Waals surface area contributed by atoms with Gasteiger partial charge < -0.3 is 9.64 Å². The minimum Gasteiger partial charge on any atom is -0.466 e. The molecule has 1 rings (SSSR count). The van der Waals surface area contributed by atoms with Gasteiger partial charge >= 0.3 is 5.97 Å². The van der Waals surface area contributed by atoms with Crippen molar-refractivity contribution < 1.29 is 9.53 Å². The lowest BCUT2D eigenvalue weighted by atomic mass is 9.95. The second kappa shape index (κ2) is 7.70. The van der Waals surface area contributed by atoms with Crippen LogP contribution >= 0.6 is 0 Å². The predicted molar refractivity (Wildman–Crippen MR) is 69.9 cm³/mol. The maximum absolute atomic E-state index is 11.7. The maximum atomic E-state index is 11.7. The minimum absolute atomic E-state index is 0.00162. The molecule has 0 aliphatic carbocycles. The molecular weight excluding hydrogens is 214 g/mol. The number of hydrogen-bond acceptors (Lipinski definition) is 3. The highest BCUT2D eigenvalue weighted by molar-refractivity contribution is 5.72. The highest BCUT2D eigenvalue weighted by Crippen LogP contribution is 2.20. The predicted octanol–water partition coefficient (Wildman–Crippen LogP) is 2.70. The average molecular weight is 241 g/mol. The molecule has 3 heteroatoms. The fraction of sp³-hybridized carbons (Fsp3) is 0.929. The Morgan fingerprint density at radius 1 is 1.35 bits per heavy atom. The normalized spacial score (nSPS) is 21.8. The topological polar surface area (TPSA) is 29.5 Å². The molecule has 0 aromatic rings. The molecule has 1 aliphatic rings. The third kappa shape index (κ3) is 4.66. The summed E-state index contributed by atoms with van der Waals surface area (Å²) in [6.07, 6.45) is 4.59. The number of carbonyl (C=O) groups is 1. The molecule has 0 spiro atoms. The van der Waals surface area contributed by atoms with Gasteiger partial charge in [0.15, 0.2) is 0 Å². The SMILES string of the molecule is CCOC(=O)[C@H]1CCCN(CC(CC)CC)C1. The van der Waals surface area contributed by atoms with E-state index in [1.165, 1.54) is 12.8 Å². The van der Waals surface area contributed by atoms with Crippen molar-refractivity contribution in [1.29, 1.82) is 0 Å². The molecule has 1 fully saturated rings. The smallest absolute Gasteiger partial charge is 0.310 e. The van der Waals surface area contributed by atoms with Crippen molar-refractivity contribution in [3.8, 4) is 0 Å². The van der Waals surface area contributed by atoms with Crippen molar-refractivity contribution >= 4 is 5.97 Å². The van der Waals surface area contributed by atoms with Gasteiger partial charge in [0.25, 0.3) is 0 Å². The van der Waals surface area contributed by atoms with E-state index in [1.54, 1.807) is 0 Å². The van der Waals surface area contributed by atoms with Crippen molar-refractivity contribution in [2.24, 2.45) is 11.8 Å². The Hall–Kier alpha value is -0.570. The molecule has 0 aromatic carbocycles. The third-order valence-electron chi connectivity index (χ3n) is 3.80. The lowest BCUT2D eigenvalue weighted by molar-refractivity contribution is -0.150. The average Bonchev–Trinajstić information content (AvgIpc) is 2.36. The number of ether oxygens (including phenoxy) is 1. The highest BCUT2D eigenvalue weighted by atomic mass is 16.5. The first-order valence-electron chi connectivity index (χ1n) is 7.10. The largest absolute Gasteiger partial charge is 0.466 e. The van der Waals surface area contributed by atoms with E-state index in [4.69, 9.17) is 4.74 Å². The van der Waals surface area contributed by atoms with Gasteiger partial charge in [-0.25, -0.2) is 0 Å². The van der Waals surface area contributed by atoms with Crippen LogP contribution in [0.3, 0.4) is 0 Å². The van der Waals surface area contributed by atoms with Crippen LogP contribution in [0.25, 0.3) is 0 Å². The third-order valence-corrected chi connectivity index (χ3v) is 3.80. The molecule has 1 saturated heterocycles. The van der Waals surface area contributed by atoms with Crippen LogP contribution in [-0.2, 0) is 9.53 Å². The molecule has 0 aromatic heterocycles. The molecule has 0 unspecified atom stereocenters. The Balaban J connectivity index is 2.40. The fourth-order valence-corrected chi connectivity index (χ4v) is 2.59. The molecule has 17 heavy (non-hydrogen) atoms. The van der Waals surface area contributed by atoms with Crippen LogP contribution in [0.2, 0.25) is 0 Å². The molecule has 1 atom stereocenters. The van der Waals surface area contributed by atoms with Crippen LogP contribution in [0, 0.1) is 11.8 Å². The summed E-state index contributed by atoms with van der Waals surface area (Å²) >= 11 is 0. The summed E-state index contributed by atoms with van der Waals surface area (Å²) in [5.41, 5.74) is 0. The lowest BCUT2D eigenvalue weighted by Crippen LogP contribution is -2.41. The zero-order valence-corrected chi connectivity index (χ0v) is 11.6. The van der Waals surface area contributed by atoms with Gasteiger partial charge in [-0.3, -0.25) is 4.79 Å². The van der Waals surface area contributed by atoms with Crippen LogP contribution < -0.4 is 0 Å². The van der Waals surface area contributed by atoms with Crippen LogP contribution in [0.15, 0.2) is 0 Å². The molecule has 1 heterocycles. The first-order valence-corrected chi connectivity index (χ1v) is 7.10. The van der Waals surface area contributed by atoms with Gasteiger partial charge in [-0.05, 0) is 32.2 Å². The van der Waals surface area contributed by atoms with E-state index in [0.717, 1.165) is 38.4 Å². The molecule has 0 radical (unpaired) electrons. The number of esters is 1. The molecule has 3 nitrogen and oxygen atoms in total. The van der Waals surface area contributed by atoms with Crippen LogP contribution in [-0.4, -0.2) is 37.1 Å². The summed E-state index contributed by atoms with van der Waals surface area (Å²) in [4.78, 5) is 14.2. The van der Waals surface area contributed by atoms with Crippen molar-refractivity contribution in [2.75, 3.05) is 26.2 Å². The first kappa shape index (κ1) is 14.5. The Morgan fingerprint density at radius 3 is 2.65 bits per heavy atom. The van der Waals surface area contributed by atoms with Gasteiger partial charge in [-0.1, -0.05) is 26.7 Å². The summed E-state index contributed by atoms with van der Waals surface area (Å²) in [7, 11) is 0. The summed E-state index contributed by atoms with van der Waals surface area (Å²) in [6, 6.07) is 0. The summed E-state index contributed by atoms with van der Waals surface area (Å²) in [5.74, 6) is 0.885. The van der Waals surface area contributed by atoms with E-state index >= 15 is 0 Å². The van der Waals surface area contributed by atoms with E-state index < -0.39 is 0 Å². The van der Waals surface area contributed by atoms with E-state index in [2.05, 4.69) is 18.7 Å². The standard InChI is InChI=1S/C14H27NO2/c1-4-12(5-2)10-15-9-7-8-13(11-15)14(16)17-6-3/h12-13H,4-11H2,1-3H3/t13-/m0/s1. The Morgan fingerprint density at radius 2 is 2.06 bits per heavy atom. The fourth-order valence-electron chi connectivity index (χ4n) is 2.59. The van der Waals surface area contributed by atoms with Crippen molar-refractivity contribution in [3.05, 3.63) is 0 Å². The molecule has 0 N–H and O–H groups in total. The van der Waals surface area contributed by atoms with Gasteiger partial charge in [0, 0.05) is 13.1 Å². The van der Waals surface area contributed by atoms with E-state index in [-0.39, 0.29) is 11.9 Å². The van der Waals surface area contributed by atoms with Crippen LogP contribution in [0.5, 0.6) is 0 Å². The van der Waals surface area contributed by atoms with E-state index in [9.17, 15) is 4.79 Å². The number of nitrogens with zero attached hydrogens (tertiary/aromatic N) is 1. The first-order chi connectivity index (χ1) is 8.21. The molecule has 1 aliphatic heterocycles. The summed E-state index contributed by atoms with van der Waals surface area (Å²) in [5, 5.41) is 0. The van der Waals surface area contributed by atoms with Gasteiger partial charge in [0.1, 0.15) is 0 Å². The van der Waals surface area contributed by atoms with E-state index in [0.29, 0.717) is 6.61 Å². The van der Waals surface area contributed by atoms with Gasteiger partial charge in [-0.15, -0.1) is 0 Å². The van der Waals surface area contributed by atoms with Crippen molar-refractivity contribution in [1.82, 2.24) is 4.90 Å². The number of carbonyl (C=O) groups excluding carboxylic acids is 1.